The number of para-hydroxylation sites is 1. The van der Waals surface area contributed by atoms with Crippen molar-refractivity contribution in [2.75, 3.05) is 39.3 Å². The van der Waals surface area contributed by atoms with Crippen molar-refractivity contribution in [3.8, 4) is 0 Å². The first-order valence-electron chi connectivity index (χ1n) is 15.0. The summed E-state index contributed by atoms with van der Waals surface area (Å²) in [6.45, 7) is 6.19. The third kappa shape index (κ3) is 5.68. The number of piperazine rings is 1. The molecule has 39 heavy (non-hydrogen) atoms. The van der Waals surface area contributed by atoms with Gasteiger partial charge in [-0.15, -0.1) is 0 Å². The summed E-state index contributed by atoms with van der Waals surface area (Å²) in [5.74, 6) is 0.344. The Labute approximate surface area is 232 Å². The standard InChI is InChI=1S/C33H42N4O2/c1-34-31-14-8-7-13-28(31)21-29(32(34)38)24-37(33(39)25-9-3-2-4-10-25)20-17-35-15-18-36(19-16-35)30-22-26-11-5-6-12-27(26)23-30/h5-8,11-14,21,25,30H,2-4,9-10,15-20,22-24H2,1H3. The first kappa shape index (κ1) is 26.3. The molecule has 206 valence electrons. The van der Waals surface area contributed by atoms with E-state index >= 15 is 0 Å². The highest BCUT2D eigenvalue weighted by Crippen LogP contribution is 2.27. The normalized spacial score (nSPS) is 19.4. The fraction of sp³-hybridized carbons (Fsp3) is 0.515. The molecule has 1 saturated heterocycles. The van der Waals surface area contributed by atoms with Gasteiger partial charge in [0, 0.05) is 63.8 Å². The number of hydrogen-bond acceptors (Lipinski definition) is 4. The van der Waals surface area contributed by atoms with E-state index in [1.54, 1.807) is 4.57 Å². The second-order valence-corrected chi connectivity index (χ2v) is 11.9. The van der Waals surface area contributed by atoms with E-state index in [1.807, 2.05) is 42.3 Å². The summed E-state index contributed by atoms with van der Waals surface area (Å²) in [7, 11) is 1.84. The van der Waals surface area contributed by atoms with E-state index < -0.39 is 0 Å². The minimum atomic E-state index is 0.00122. The van der Waals surface area contributed by atoms with Gasteiger partial charge in [-0.2, -0.15) is 0 Å². The van der Waals surface area contributed by atoms with Gasteiger partial charge in [0.2, 0.25) is 5.91 Å². The highest BCUT2D eigenvalue weighted by Gasteiger charge is 2.30. The van der Waals surface area contributed by atoms with Crippen molar-refractivity contribution in [1.82, 2.24) is 19.3 Å². The molecule has 2 heterocycles. The number of rotatable bonds is 7. The molecule has 6 heteroatoms. The van der Waals surface area contributed by atoms with E-state index in [9.17, 15) is 9.59 Å². The fourth-order valence-corrected chi connectivity index (χ4v) is 7.09. The lowest BCUT2D eigenvalue weighted by Gasteiger charge is -2.39. The number of aromatic nitrogens is 1. The predicted octanol–water partition coefficient (Wildman–Crippen LogP) is 4.23. The number of pyridine rings is 1. The number of hydrogen-bond donors (Lipinski definition) is 0. The zero-order valence-electron chi connectivity index (χ0n) is 23.4. The molecule has 6 rings (SSSR count). The minimum absolute atomic E-state index is 0.00122. The summed E-state index contributed by atoms with van der Waals surface area (Å²) in [6.07, 6.45) is 7.79. The maximum absolute atomic E-state index is 13.8. The predicted molar refractivity (Wildman–Crippen MR) is 157 cm³/mol. The molecule has 0 bridgehead atoms. The van der Waals surface area contributed by atoms with Gasteiger partial charge in [0.1, 0.15) is 0 Å². The van der Waals surface area contributed by atoms with Gasteiger partial charge in [-0.3, -0.25) is 19.4 Å². The van der Waals surface area contributed by atoms with Crippen LogP contribution in [-0.4, -0.2) is 70.5 Å². The third-order valence-corrected chi connectivity index (χ3v) is 9.47. The number of amides is 1. The molecular formula is C33H42N4O2. The van der Waals surface area contributed by atoms with Crippen molar-refractivity contribution in [1.29, 1.82) is 0 Å². The van der Waals surface area contributed by atoms with Crippen molar-refractivity contribution < 1.29 is 4.79 Å². The molecule has 6 nitrogen and oxygen atoms in total. The Morgan fingerprint density at radius 2 is 1.56 bits per heavy atom. The average Bonchev–Trinajstić information content (AvgIpc) is 3.42. The topological polar surface area (TPSA) is 48.8 Å². The first-order chi connectivity index (χ1) is 19.1. The Morgan fingerprint density at radius 3 is 2.28 bits per heavy atom. The molecule has 0 N–H and O–H groups in total. The Hall–Kier alpha value is -2.96. The van der Waals surface area contributed by atoms with E-state index in [0.29, 0.717) is 24.7 Å². The molecule has 3 aliphatic rings. The van der Waals surface area contributed by atoms with Crippen LogP contribution in [0.15, 0.2) is 59.4 Å². The molecule has 0 spiro atoms. The molecular weight excluding hydrogens is 484 g/mol. The molecule has 2 fully saturated rings. The van der Waals surface area contributed by atoms with Crippen LogP contribution >= 0.6 is 0 Å². The van der Waals surface area contributed by atoms with Crippen LogP contribution in [0.3, 0.4) is 0 Å². The highest BCUT2D eigenvalue weighted by molar-refractivity contribution is 5.81. The van der Waals surface area contributed by atoms with Crippen LogP contribution in [0.4, 0.5) is 0 Å². The SMILES string of the molecule is Cn1c(=O)c(CN(CCN2CCN(C3Cc4ccccc4C3)CC2)C(=O)C2CCCCC2)cc2ccccc21. The Bertz CT molecular complexity index is 1340. The smallest absolute Gasteiger partial charge is 0.255 e. The second kappa shape index (κ2) is 11.6. The van der Waals surface area contributed by atoms with E-state index in [1.165, 1.54) is 30.4 Å². The van der Waals surface area contributed by atoms with Crippen LogP contribution in [-0.2, 0) is 31.2 Å². The fourth-order valence-electron chi connectivity index (χ4n) is 7.09. The van der Waals surface area contributed by atoms with Crippen LogP contribution < -0.4 is 5.56 Å². The molecule has 1 aliphatic heterocycles. The molecule has 0 radical (unpaired) electrons. The van der Waals surface area contributed by atoms with E-state index in [2.05, 4.69) is 34.1 Å². The van der Waals surface area contributed by atoms with Crippen LogP contribution in [0.5, 0.6) is 0 Å². The zero-order valence-corrected chi connectivity index (χ0v) is 23.4. The lowest BCUT2D eigenvalue weighted by atomic mass is 9.88. The maximum Gasteiger partial charge on any atom is 0.255 e. The molecule has 0 unspecified atom stereocenters. The molecule has 3 aromatic rings. The lowest BCUT2D eigenvalue weighted by Crippen LogP contribution is -2.52. The van der Waals surface area contributed by atoms with Crippen molar-refractivity contribution in [2.45, 2.75) is 57.5 Å². The summed E-state index contributed by atoms with van der Waals surface area (Å²) in [6, 6.07) is 19.5. The van der Waals surface area contributed by atoms with Gasteiger partial charge in [-0.1, -0.05) is 61.7 Å². The second-order valence-electron chi connectivity index (χ2n) is 11.9. The quantitative estimate of drug-likeness (QED) is 0.462. The Kier molecular flexibility index (Phi) is 7.85. The van der Waals surface area contributed by atoms with Crippen LogP contribution in [0, 0.1) is 5.92 Å². The van der Waals surface area contributed by atoms with Gasteiger partial charge >= 0.3 is 0 Å². The lowest BCUT2D eigenvalue weighted by molar-refractivity contribution is -0.137. The van der Waals surface area contributed by atoms with Crippen molar-refractivity contribution in [2.24, 2.45) is 13.0 Å². The summed E-state index contributed by atoms with van der Waals surface area (Å²) in [4.78, 5) is 34.2. The number of aryl methyl sites for hydroxylation is 1. The van der Waals surface area contributed by atoms with Gasteiger partial charge in [-0.25, -0.2) is 0 Å². The van der Waals surface area contributed by atoms with Crippen molar-refractivity contribution >= 4 is 16.8 Å². The van der Waals surface area contributed by atoms with E-state index in [0.717, 1.165) is 69.3 Å². The maximum atomic E-state index is 13.8. The summed E-state index contributed by atoms with van der Waals surface area (Å²) >= 11 is 0. The molecule has 2 aromatic carbocycles. The number of nitrogens with zero attached hydrogens (tertiary/aromatic N) is 4. The summed E-state index contributed by atoms with van der Waals surface area (Å²) in [5.41, 5.74) is 4.68. The largest absolute Gasteiger partial charge is 0.337 e. The molecule has 1 amide bonds. The van der Waals surface area contributed by atoms with E-state index in [4.69, 9.17) is 0 Å². The summed E-state index contributed by atoms with van der Waals surface area (Å²) < 4.78 is 1.73. The van der Waals surface area contributed by atoms with E-state index in [-0.39, 0.29) is 17.4 Å². The molecule has 0 atom stereocenters. The number of fused-ring (bicyclic) bond motifs is 2. The van der Waals surface area contributed by atoms with Crippen LogP contribution in [0.2, 0.25) is 0 Å². The number of carbonyl (C=O) groups excluding carboxylic acids is 1. The van der Waals surface area contributed by atoms with Crippen molar-refractivity contribution in [3.05, 3.63) is 81.6 Å². The molecule has 1 saturated carbocycles. The van der Waals surface area contributed by atoms with Gasteiger partial charge < -0.3 is 9.47 Å². The zero-order chi connectivity index (χ0) is 26.8. The first-order valence-corrected chi connectivity index (χ1v) is 15.0. The Morgan fingerprint density at radius 1 is 0.897 bits per heavy atom. The monoisotopic (exact) mass is 526 g/mol. The summed E-state index contributed by atoms with van der Waals surface area (Å²) in [5, 5.41) is 1.05. The number of carbonyl (C=O) groups is 1. The van der Waals surface area contributed by atoms with Gasteiger partial charge in [0.15, 0.2) is 0 Å². The molecule has 2 aliphatic carbocycles. The van der Waals surface area contributed by atoms with Gasteiger partial charge in [-0.05, 0) is 54.3 Å². The van der Waals surface area contributed by atoms with Gasteiger partial charge in [0.25, 0.3) is 5.56 Å². The van der Waals surface area contributed by atoms with Crippen molar-refractivity contribution in [3.63, 3.8) is 0 Å². The Balaban J connectivity index is 1.11. The highest BCUT2D eigenvalue weighted by atomic mass is 16.2. The minimum Gasteiger partial charge on any atom is -0.337 e. The molecule has 1 aromatic heterocycles. The average molecular weight is 527 g/mol. The van der Waals surface area contributed by atoms with Gasteiger partial charge in [0.05, 0.1) is 12.1 Å². The number of benzene rings is 2. The van der Waals surface area contributed by atoms with Crippen LogP contribution in [0.1, 0.15) is 48.8 Å². The third-order valence-electron chi connectivity index (χ3n) is 9.47. The van der Waals surface area contributed by atoms with Crippen LogP contribution in [0.25, 0.3) is 10.9 Å².